The Hall–Kier alpha value is -0.163. The Labute approximate surface area is 64.1 Å². The lowest BCUT2D eigenvalue weighted by Gasteiger charge is -2.27. The molecule has 4 heteroatoms. The zero-order valence-corrected chi connectivity index (χ0v) is 7.99. The van der Waals surface area contributed by atoms with Crippen molar-refractivity contribution in [1.82, 2.24) is 14.9 Å². The minimum absolute atomic E-state index is 0.983. The van der Waals surface area contributed by atoms with E-state index in [-0.39, 0.29) is 0 Å². The van der Waals surface area contributed by atoms with E-state index in [4.69, 9.17) is 0 Å². The molecule has 0 aromatic carbocycles. The van der Waals surface area contributed by atoms with Crippen LogP contribution in [0, 0.1) is 0 Å². The lowest BCUT2D eigenvalue weighted by Crippen LogP contribution is -2.68. The number of hydrogen-bond acceptors (Lipinski definition) is 3. The third kappa shape index (κ3) is 2.22. The second-order valence-corrected chi connectivity index (χ2v) is 5.87. The van der Waals surface area contributed by atoms with Gasteiger partial charge in [-0.05, 0) is 21.1 Å². The third-order valence-corrected chi connectivity index (χ3v) is 5.19. The van der Waals surface area contributed by atoms with E-state index in [1.54, 1.807) is 0 Å². The molecule has 0 spiro atoms. The average molecular weight is 159 g/mol. The molecule has 0 radical (unpaired) electrons. The molecule has 0 aliphatic heterocycles. The summed E-state index contributed by atoms with van der Waals surface area (Å²) in [5.41, 5.74) is 0. The van der Waals surface area contributed by atoms with Crippen LogP contribution in [0.4, 0.5) is 0 Å². The van der Waals surface area contributed by atoms with Gasteiger partial charge in [-0.15, -0.1) is 6.58 Å². The van der Waals surface area contributed by atoms with Gasteiger partial charge in [0.05, 0.1) is 0 Å². The second-order valence-electron chi connectivity index (χ2n) is 2.15. The lowest BCUT2D eigenvalue weighted by atomic mass is 10.8. The molecule has 0 aromatic rings. The monoisotopic (exact) mass is 159 g/mol. The molecule has 10 heavy (non-hydrogen) atoms. The van der Waals surface area contributed by atoms with Gasteiger partial charge in [-0.1, -0.05) is 6.08 Å². The topological polar surface area (TPSA) is 36.1 Å². The Morgan fingerprint density at radius 3 is 1.70 bits per heavy atom. The van der Waals surface area contributed by atoms with Crippen LogP contribution in [-0.4, -0.2) is 29.7 Å². The normalized spacial score (nSPS) is 11.5. The zero-order chi connectivity index (χ0) is 8.04. The van der Waals surface area contributed by atoms with Crippen LogP contribution >= 0.6 is 0 Å². The molecule has 0 saturated carbocycles. The summed E-state index contributed by atoms with van der Waals surface area (Å²) in [6.45, 7) is 3.70. The van der Waals surface area contributed by atoms with Crippen LogP contribution in [0.1, 0.15) is 0 Å². The molecule has 0 aliphatic rings. The first-order valence-corrected chi connectivity index (χ1v) is 5.63. The Bertz CT molecular complexity index is 92.9. The first-order valence-electron chi connectivity index (χ1n) is 3.42. The molecule has 0 amide bonds. The van der Waals surface area contributed by atoms with E-state index in [0.29, 0.717) is 0 Å². The van der Waals surface area contributed by atoms with Crippen molar-refractivity contribution < 1.29 is 0 Å². The summed E-state index contributed by atoms with van der Waals surface area (Å²) in [7, 11) is 4.30. The molecule has 0 heterocycles. The van der Waals surface area contributed by atoms with Crippen LogP contribution in [0.25, 0.3) is 0 Å². The van der Waals surface area contributed by atoms with E-state index >= 15 is 0 Å². The highest BCUT2D eigenvalue weighted by Gasteiger charge is 2.26. The lowest BCUT2D eigenvalue weighted by molar-refractivity contribution is 0.905. The maximum Gasteiger partial charge on any atom is 0.284 e. The first kappa shape index (κ1) is 9.84. The molecule has 60 valence electrons. The Kier molecular flexibility index (Phi) is 4.55. The quantitative estimate of drug-likeness (QED) is 0.383. The Morgan fingerprint density at radius 1 is 1.20 bits per heavy atom. The summed E-state index contributed by atoms with van der Waals surface area (Å²) in [6, 6.07) is 0.983. The summed E-state index contributed by atoms with van der Waals surface area (Å²) in [6.07, 6.45) is 1.93. The van der Waals surface area contributed by atoms with Gasteiger partial charge in [0.2, 0.25) is 0 Å². The molecular weight excluding hydrogens is 142 g/mol. The summed E-state index contributed by atoms with van der Waals surface area (Å²) in [4.78, 5) is 9.78. The van der Waals surface area contributed by atoms with Crippen molar-refractivity contribution in [2.45, 2.75) is 6.04 Å². The minimum Gasteiger partial charge on any atom is -0.316 e. The molecule has 0 bridgehead atoms. The fourth-order valence-corrected chi connectivity index (χ4v) is 2.69. The van der Waals surface area contributed by atoms with Gasteiger partial charge in [0.1, 0.15) is 0 Å². The highest BCUT2D eigenvalue weighted by molar-refractivity contribution is 6.72. The van der Waals surface area contributed by atoms with Crippen molar-refractivity contribution in [3.05, 3.63) is 12.7 Å². The van der Waals surface area contributed by atoms with Gasteiger partial charge in [-0.3, -0.25) is 0 Å². The zero-order valence-electron chi connectivity index (χ0n) is 6.99. The highest BCUT2D eigenvalue weighted by atomic mass is 28.4. The van der Waals surface area contributed by atoms with E-state index in [0.717, 1.165) is 6.04 Å². The van der Waals surface area contributed by atoms with Gasteiger partial charge in [0.15, 0.2) is 0 Å². The molecular formula is C6H17N3Si. The fourth-order valence-electron chi connectivity index (χ4n) is 0.898. The molecule has 0 saturated heterocycles. The predicted molar refractivity (Wildman–Crippen MR) is 47.9 cm³/mol. The maximum absolute atomic E-state index is 3.70. The van der Waals surface area contributed by atoms with Crippen LogP contribution in [0.15, 0.2) is 12.7 Å². The Balaban J connectivity index is 4.00. The van der Waals surface area contributed by atoms with Crippen molar-refractivity contribution in [1.29, 1.82) is 0 Å². The van der Waals surface area contributed by atoms with Gasteiger partial charge in [0.25, 0.3) is 8.56 Å². The van der Waals surface area contributed by atoms with E-state index in [1.165, 1.54) is 0 Å². The smallest absolute Gasteiger partial charge is 0.284 e. The van der Waals surface area contributed by atoms with Gasteiger partial charge in [-0.2, -0.15) is 0 Å². The molecule has 3 N–H and O–H groups in total. The summed E-state index contributed by atoms with van der Waals surface area (Å²) in [5, 5.41) is 0. The van der Waals surface area contributed by atoms with Crippen molar-refractivity contribution in [3.8, 4) is 0 Å². The summed E-state index contributed by atoms with van der Waals surface area (Å²) >= 11 is 0. The van der Waals surface area contributed by atoms with Crippen LogP contribution in [0.2, 0.25) is 6.04 Å². The maximum atomic E-state index is 3.70. The molecule has 0 aliphatic carbocycles. The van der Waals surface area contributed by atoms with Gasteiger partial charge in [-0.25, -0.2) is 0 Å². The van der Waals surface area contributed by atoms with Crippen molar-refractivity contribution in [3.63, 3.8) is 0 Å². The average Bonchev–Trinajstić information content (AvgIpc) is 2.01. The van der Waals surface area contributed by atoms with E-state index in [9.17, 15) is 0 Å². The van der Waals surface area contributed by atoms with Crippen LogP contribution in [-0.2, 0) is 0 Å². The fraction of sp³-hybridized carbons (Fsp3) is 0.667. The summed E-state index contributed by atoms with van der Waals surface area (Å²) in [5.74, 6) is 0. The van der Waals surface area contributed by atoms with E-state index < -0.39 is 8.56 Å². The minimum atomic E-state index is -1.59. The predicted octanol–water partition coefficient (Wildman–Crippen LogP) is -0.230. The van der Waals surface area contributed by atoms with E-state index in [1.807, 2.05) is 27.2 Å². The SMILES string of the molecule is C=CC[Si](NC)(NC)NC. The van der Waals surface area contributed by atoms with E-state index in [2.05, 4.69) is 21.5 Å². The number of hydrogen-bond donors (Lipinski definition) is 3. The van der Waals surface area contributed by atoms with Crippen LogP contribution in [0.3, 0.4) is 0 Å². The van der Waals surface area contributed by atoms with Crippen molar-refractivity contribution in [2.75, 3.05) is 21.1 Å². The van der Waals surface area contributed by atoms with Gasteiger partial charge >= 0.3 is 0 Å². The van der Waals surface area contributed by atoms with Crippen molar-refractivity contribution >= 4 is 8.56 Å². The molecule has 0 fully saturated rings. The third-order valence-electron chi connectivity index (χ3n) is 1.73. The standard InChI is InChI=1S/C6H17N3Si/c1-5-6-10(7-2,8-3)9-4/h5,7-9H,1,6H2,2-4H3. The number of allylic oxidation sites excluding steroid dienone is 1. The molecule has 0 aromatic heterocycles. The number of nitrogens with one attached hydrogen (secondary N) is 3. The summed E-state index contributed by atoms with van der Waals surface area (Å²) < 4.78 is 0. The van der Waals surface area contributed by atoms with Crippen LogP contribution in [0.5, 0.6) is 0 Å². The molecule has 3 nitrogen and oxygen atoms in total. The van der Waals surface area contributed by atoms with Crippen molar-refractivity contribution in [2.24, 2.45) is 0 Å². The molecule has 0 rings (SSSR count). The first-order chi connectivity index (χ1) is 4.74. The highest BCUT2D eigenvalue weighted by Crippen LogP contribution is 1.94. The number of rotatable bonds is 5. The molecule has 0 unspecified atom stereocenters. The Morgan fingerprint density at radius 2 is 1.60 bits per heavy atom. The largest absolute Gasteiger partial charge is 0.316 e. The molecule has 0 atom stereocenters. The van der Waals surface area contributed by atoms with Gasteiger partial charge in [0, 0.05) is 6.04 Å². The second kappa shape index (κ2) is 4.62. The van der Waals surface area contributed by atoms with Crippen LogP contribution < -0.4 is 14.9 Å². The van der Waals surface area contributed by atoms with Gasteiger partial charge < -0.3 is 14.9 Å².